The minimum atomic E-state index is 0.0753. The van der Waals surface area contributed by atoms with Crippen LogP contribution in [0.1, 0.15) is 6.92 Å². The quantitative estimate of drug-likeness (QED) is 0.477. The lowest BCUT2D eigenvalue weighted by Crippen LogP contribution is -1.94. The highest BCUT2D eigenvalue weighted by molar-refractivity contribution is 5.78. The van der Waals surface area contributed by atoms with Crippen LogP contribution in [0.15, 0.2) is 83.2 Å². The Kier molecular flexibility index (Phi) is 4.53. The van der Waals surface area contributed by atoms with Crippen LogP contribution in [-0.2, 0) is 0 Å². The van der Waals surface area contributed by atoms with Crippen molar-refractivity contribution in [2.75, 3.05) is 6.61 Å². The molecule has 0 saturated carbocycles. The molecule has 0 saturated heterocycles. The van der Waals surface area contributed by atoms with E-state index in [1.165, 1.54) is 0 Å². The molecular formula is C21H18N4O2. The van der Waals surface area contributed by atoms with Gasteiger partial charge in [-0.2, -0.15) is 0 Å². The molecule has 0 aliphatic carbocycles. The molecule has 0 spiro atoms. The minimum Gasteiger partial charge on any atom is -0.506 e. The lowest BCUT2D eigenvalue weighted by Gasteiger charge is -2.08. The molecule has 0 aliphatic rings. The second-order valence-electron chi connectivity index (χ2n) is 5.83. The van der Waals surface area contributed by atoms with Crippen molar-refractivity contribution in [3.63, 3.8) is 0 Å². The first-order valence-electron chi connectivity index (χ1n) is 8.67. The van der Waals surface area contributed by atoms with Crippen molar-refractivity contribution in [3.05, 3.63) is 72.9 Å². The highest BCUT2D eigenvalue weighted by Gasteiger charge is 2.17. The standard InChI is InChI=1S/C21H18N4O2/c1-2-27-18-12-6-3-9-15(18)20-21(25-14-8-7-13-19(25)22-20)24-23-16-10-4-5-11-17(16)26/h3-14,26H,2H2,1H3. The van der Waals surface area contributed by atoms with Crippen LogP contribution in [0.5, 0.6) is 11.5 Å². The number of aromatic hydroxyl groups is 1. The monoisotopic (exact) mass is 358 g/mol. The SMILES string of the molecule is CCOc1ccccc1-c1nc2ccccn2c1N=Nc1ccccc1O. The van der Waals surface area contributed by atoms with Gasteiger partial charge < -0.3 is 9.84 Å². The van der Waals surface area contributed by atoms with E-state index in [9.17, 15) is 5.11 Å². The summed E-state index contributed by atoms with van der Waals surface area (Å²) in [5.74, 6) is 1.38. The molecule has 2 heterocycles. The number of phenols is 1. The van der Waals surface area contributed by atoms with Crippen LogP contribution in [0.4, 0.5) is 11.5 Å². The number of hydrogen-bond acceptors (Lipinski definition) is 5. The molecule has 0 bridgehead atoms. The summed E-state index contributed by atoms with van der Waals surface area (Å²) in [5, 5.41) is 18.6. The maximum atomic E-state index is 9.96. The number of phenolic OH excluding ortho intramolecular Hbond substituents is 1. The number of benzene rings is 2. The largest absolute Gasteiger partial charge is 0.506 e. The zero-order chi connectivity index (χ0) is 18.6. The summed E-state index contributed by atoms with van der Waals surface area (Å²) in [6, 6.07) is 20.3. The Morgan fingerprint density at radius 2 is 1.74 bits per heavy atom. The highest BCUT2D eigenvalue weighted by atomic mass is 16.5. The molecule has 0 aliphatic heterocycles. The molecule has 0 atom stereocenters. The van der Waals surface area contributed by atoms with Crippen molar-refractivity contribution < 1.29 is 9.84 Å². The van der Waals surface area contributed by atoms with E-state index in [1.54, 1.807) is 24.3 Å². The van der Waals surface area contributed by atoms with Gasteiger partial charge >= 0.3 is 0 Å². The fourth-order valence-electron chi connectivity index (χ4n) is 2.85. The van der Waals surface area contributed by atoms with Gasteiger partial charge in [0.1, 0.15) is 28.5 Å². The lowest BCUT2D eigenvalue weighted by atomic mass is 10.1. The van der Waals surface area contributed by atoms with Gasteiger partial charge in [-0.05, 0) is 43.3 Å². The Labute approximate surface area is 156 Å². The maximum Gasteiger partial charge on any atom is 0.187 e. The molecule has 4 rings (SSSR count). The number of pyridine rings is 1. The van der Waals surface area contributed by atoms with Gasteiger partial charge in [0.2, 0.25) is 0 Å². The fourth-order valence-corrected chi connectivity index (χ4v) is 2.85. The molecule has 0 amide bonds. The van der Waals surface area contributed by atoms with Gasteiger partial charge in [-0.3, -0.25) is 4.40 Å². The number of hydrogen-bond donors (Lipinski definition) is 1. The van der Waals surface area contributed by atoms with Gasteiger partial charge in [0.15, 0.2) is 5.82 Å². The molecule has 0 radical (unpaired) electrons. The van der Waals surface area contributed by atoms with Crippen molar-refractivity contribution in [1.82, 2.24) is 9.38 Å². The van der Waals surface area contributed by atoms with Gasteiger partial charge in [-0.25, -0.2) is 4.98 Å². The molecule has 134 valence electrons. The smallest absolute Gasteiger partial charge is 0.187 e. The summed E-state index contributed by atoms with van der Waals surface area (Å²) in [4.78, 5) is 4.73. The molecule has 0 fully saturated rings. The van der Waals surface area contributed by atoms with Crippen molar-refractivity contribution in [2.45, 2.75) is 6.92 Å². The molecule has 0 unspecified atom stereocenters. The zero-order valence-corrected chi connectivity index (χ0v) is 14.8. The predicted molar refractivity (Wildman–Crippen MR) is 104 cm³/mol. The van der Waals surface area contributed by atoms with Crippen molar-refractivity contribution in [2.24, 2.45) is 10.2 Å². The Hall–Kier alpha value is -3.67. The van der Waals surface area contributed by atoms with Gasteiger partial charge in [0.05, 0.1) is 6.61 Å². The average Bonchev–Trinajstić information content (AvgIpc) is 3.06. The van der Waals surface area contributed by atoms with Crippen LogP contribution >= 0.6 is 0 Å². The number of imidazole rings is 1. The van der Waals surface area contributed by atoms with Gasteiger partial charge in [0, 0.05) is 11.8 Å². The van der Waals surface area contributed by atoms with Gasteiger partial charge in [-0.15, -0.1) is 10.2 Å². The van der Waals surface area contributed by atoms with E-state index in [4.69, 9.17) is 9.72 Å². The Morgan fingerprint density at radius 3 is 2.59 bits per heavy atom. The first-order chi connectivity index (χ1) is 13.3. The fraction of sp³-hybridized carbons (Fsp3) is 0.0952. The third kappa shape index (κ3) is 3.25. The molecular weight excluding hydrogens is 340 g/mol. The number of rotatable bonds is 5. The van der Waals surface area contributed by atoms with E-state index < -0.39 is 0 Å². The molecule has 4 aromatic rings. The third-order valence-corrected chi connectivity index (χ3v) is 4.08. The second kappa shape index (κ2) is 7.29. The first kappa shape index (κ1) is 16.8. The van der Waals surface area contributed by atoms with Crippen molar-refractivity contribution in [1.29, 1.82) is 0 Å². The van der Waals surface area contributed by atoms with Crippen LogP contribution in [-0.4, -0.2) is 21.1 Å². The van der Waals surface area contributed by atoms with Gasteiger partial charge in [-0.1, -0.05) is 30.3 Å². The van der Waals surface area contributed by atoms with Crippen molar-refractivity contribution in [3.8, 4) is 22.8 Å². The number of fused-ring (bicyclic) bond motifs is 1. The average molecular weight is 358 g/mol. The summed E-state index contributed by atoms with van der Waals surface area (Å²) in [6.45, 7) is 2.50. The van der Waals surface area contributed by atoms with E-state index in [-0.39, 0.29) is 5.75 Å². The Bertz CT molecular complexity index is 1120. The first-order valence-corrected chi connectivity index (χ1v) is 8.67. The highest BCUT2D eigenvalue weighted by Crippen LogP contribution is 2.38. The van der Waals surface area contributed by atoms with Gasteiger partial charge in [0.25, 0.3) is 0 Å². The zero-order valence-electron chi connectivity index (χ0n) is 14.8. The number of azo groups is 1. The van der Waals surface area contributed by atoms with Crippen LogP contribution < -0.4 is 4.74 Å². The minimum absolute atomic E-state index is 0.0753. The molecule has 27 heavy (non-hydrogen) atoms. The van der Waals surface area contributed by atoms with E-state index in [0.717, 1.165) is 17.0 Å². The lowest BCUT2D eigenvalue weighted by molar-refractivity contribution is 0.341. The molecule has 2 aromatic carbocycles. The van der Waals surface area contributed by atoms with E-state index >= 15 is 0 Å². The summed E-state index contributed by atoms with van der Waals surface area (Å²) in [6.07, 6.45) is 1.88. The summed E-state index contributed by atoms with van der Waals surface area (Å²) < 4.78 is 7.63. The molecule has 2 aromatic heterocycles. The van der Waals surface area contributed by atoms with Crippen LogP contribution in [0.3, 0.4) is 0 Å². The maximum absolute atomic E-state index is 9.96. The van der Waals surface area contributed by atoms with E-state index in [1.807, 2.05) is 60.0 Å². The number of para-hydroxylation sites is 2. The molecule has 1 N–H and O–H groups in total. The number of ether oxygens (including phenoxy) is 1. The predicted octanol–water partition coefficient (Wildman–Crippen LogP) is 5.52. The summed E-state index contributed by atoms with van der Waals surface area (Å²) in [5.41, 5.74) is 2.66. The summed E-state index contributed by atoms with van der Waals surface area (Å²) >= 11 is 0. The Morgan fingerprint density at radius 1 is 0.963 bits per heavy atom. The molecule has 6 heteroatoms. The normalized spacial score (nSPS) is 11.3. The van der Waals surface area contributed by atoms with Crippen molar-refractivity contribution >= 4 is 17.2 Å². The third-order valence-electron chi connectivity index (χ3n) is 4.08. The van der Waals surface area contributed by atoms with Crippen LogP contribution in [0.2, 0.25) is 0 Å². The number of nitrogens with zero attached hydrogens (tertiary/aromatic N) is 4. The van der Waals surface area contributed by atoms with Crippen LogP contribution in [0.25, 0.3) is 16.9 Å². The van der Waals surface area contributed by atoms with Crippen LogP contribution in [0, 0.1) is 0 Å². The van der Waals surface area contributed by atoms with E-state index in [0.29, 0.717) is 23.8 Å². The number of aromatic nitrogens is 2. The molecule has 6 nitrogen and oxygen atoms in total. The Balaban J connectivity index is 1.90. The van der Waals surface area contributed by atoms with E-state index in [2.05, 4.69) is 10.2 Å². The second-order valence-corrected chi connectivity index (χ2v) is 5.83. The topological polar surface area (TPSA) is 71.5 Å². The summed E-state index contributed by atoms with van der Waals surface area (Å²) in [7, 11) is 0.